The third kappa shape index (κ3) is 4.88. The zero-order valence-electron chi connectivity index (χ0n) is 13.8. The van der Waals surface area contributed by atoms with E-state index in [1.807, 2.05) is 5.43 Å². The number of non-ortho nitro benzene ring substituents is 1. The summed E-state index contributed by atoms with van der Waals surface area (Å²) in [5.41, 5.74) is 6.34. The van der Waals surface area contributed by atoms with E-state index < -0.39 is 27.3 Å². The number of hydrazone groups is 1. The molecular weight excluding hydrogens is 362 g/mol. The maximum absolute atomic E-state index is 11.2. The molecule has 0 saturated heterocycles. The topological polar surface area (TPSA) is 172 Å². The van der Waals surface area contributed by atoms with E-state index in [9.17, 15) is 25.0 Å². The van der Waals surface area contributed by atoms with Gasteiger partial charge in [0.2, 0.25) is 5.75 Å². The SMILES string of the molecule is COc1ccc(/C=N\NC(N)=O)cc1Oc1ccc([N+](=O)[O-])cc1[N+](=O)[O-]. The number of nitro groups is 2. The molecule has 12 nitrogen and oxygen atoms in total. The van der Waals surface area contributed by atoms with Crippen molar-refractivity contribution in [1.82, 2.24) is 5.43 Å². The highest BCUT2D eigenvalue weighted by atomic mass is 16.6. The Balaban J connectivity index is 2.40. The Hall–Kier alpha value is -4.22. The Labute approximate surface area is 151 Å². The molecule has 2 amide bonds. The summed E-state index contributed by atoms with van der Waals surface area (Å²) >= 11 is 0. The molecule has 0 radical (unpaired) electrons. The number of carbonyl (C=O) groups is 1. The van der Waals surface area contributed by atoms with Crippen LogP contribution >= 0.6 is 0 Å². The maximum atomic E-state index is 11.2. The summed E-state index contributed by atoms with van der Waals surface area (Å²) in [6, 6.07) is 6.68. The highest BCUT2D eigenvalue weighted by molar-refractivity contribution is 5.82. The lowest BCUT2D eigenvalue weighted by Crippen LogP contribution is -2.24. The molecule has 12 heteroatoms. The number of urea groups is 1. The third-order valence-electron chi connectivity index (χ3n) is 3.15. The molecule has 2 aromatic rings. The van der Waals surface area contributed by atoms with Gasteiger partial charge in [-0.25, -0.2) is 10.2 Å². The summed E-state index contributed by atoms with van der Waals surface area (Å²) in [5, 5.41) is 25.6. The Morgan fingerprint density at radius 1 is 1.11 bits per heavy atom. The van der Waals surface area contributed by atoms with Crippen LogP contribution in [0.3, 0.4) is 0 Å². The molecule has 0 bridgehead atoms. The molecule has 0 atom stereocenters. The molecule has 0 aliphatic rings. The summed E-state index contributed by atoms with van der Waals surface area (Å²) < 4.78 is 10.7. The molecule has 0 unspecified atom stereocenters. The van der Waals surface area contributed by atoms with E-state index >= 15 is 0 Å². The van der Waals surface area contributed by atoms with Gasteiger partial charge in [-0.15, -0.1) is 0 Å². The van der Waals surface area contributed by atoms with Crippen LogP contribution in [-0.2, 0) is 0 Å². The van der Waals surface area contributed by atoms with Crippen molar-refractivity contribution in [1.29, 1.82) is 0 Å². The molecule has 0 aliphatic heterocycles. The van der Waals surface area contributed by atoms with Crippen molar-refractivity contribution < 1.29 is 24.1 Å². The number of amides is 2. The minimum atomic E-state index is -0.849. The van der Waals surface area contributed by atoms with Crippen LogP contribution in [0.2, 0.25) is 0 Å². The predicted molar refractivity (Wildman–Crippen MR) is 93.1 cm³/mol. The highest BCUT2D eigenvalue weighted by Crippen LogP contribution is 2.38. The van der Waals surface area contributed by atoms with Crippen molar-refractivity contribution in [2.75, 3.05) is 7.11 Å². The summed E-state index contributed by atoms with van der Waals surface area (Å²) in [7, 11) is 1.37. The normalized spacial score (nSPS) is 10.4. The number of nitrogens with two attached hydrogens (primary N) is 1. The van der Waals surface area contributed by atoms with Gasteiger partial charge in [-0.2, -0.15) is 5.10 Å². The molecule has 0 saturated carbocycles. The second-order valence-electron chi connectivity index (χ2n) is 4.91. The number of benzene rings is 2. The molecule has 2 aromatic carbocycles. The molecule has 0 heterocycles. The number of hydrogen-bond donors (Lipinski definition) is 2. The Morgan fingerprint density at radius 3 is 2.41 bits per heavy atom. The summed E-state index contributed by atoms with van der Waals surface area (Å²) in [5.74, 6) is 0.133. The number of carbonyl (C=O) groups excluding carboxylic acids is 1. The van der Waals surface area contributed by atoms with E-state index in [0.717, 1.165) is 18.2 Å². The van der Waals surface area contributed by atoms with Crippen molar-refractivity contribution in [3.8, 4) is 17.2 Å². The van der Waals surface area contributed by atoms with E-state index in [0.29, 0.717) is 5.56 Å². The number of rotatable bonds is 7. The van der Waals surface area contributed by atoms with Gasteiger partial charge in [0.15, 0.2) is 11.5 Å². The number of hydrogen-bond acceptors (Lipinski definition) is 8. The first-order valence-electron chi connectivity index (χ1n) is 7.19. The Bertz CT molecular complexity index is 929. The van der Waals surface area contributed by atoms with Crippen LogP contribution in [0.15, 0.2) is 41.5 Å². The van der Waals surface area contributed by atoms with Crippen molar-refractivity contribution in [3.63, 3.8) is 0 Å². The van der Waals surface area contributed by atoms with Crippen LogP contribution in [0.4, 0.5) is 16.2 Å². The zero-order chi connectivity index (χ0) is 20.0. The summed E-state index contributed by atoms with van der Waals surface area (Å²) in [6.45, 7) is 0. The number of methoxy groups -OCH3 is 1. The van der Waals surface area contributed by atoms with Gasteiger partial charge in [0.1, 0.15) is 0 Å². The van der Waals surface area contributed by atoms with Gasteiger partial charge >= 0.3 is 11.7 Å². The van der Waals surface area contributed by atoms with E-state index in [1.165, 1.54) is 25.5 Å². The molecular formula is C15H13N5O7. The van der Waals surface area contributed by atoms with Crippen LogP contribution < -0.4 is 20.6 Å². The lowest BCUT2D eigenvalue weighted by atomic mass is 10.2. The lowest BCUT2D eigenvalue weighted by Gasteiger charge is -2.11. The second kappa shape index (κ2) is 8.24. The van der Waals surface area contributed by atoms with Gasteiger partial charge in [-0.1, -0.05) is 0 Å². The third-order valence-corrected chi connectivity index (χ3v) is 3.15. The van der Waals surface area contributed by atoms with Crippen molar-refractivity contribution in [3.05, 3.63) is 62.2 Å². The minimum absolute atomic E-state index is 0.0949. The Kier molecular flexibility index (Phi) is 5.83. The largest absolute Gasteiger partial charge is 0.493 e. The Morgan fingerprint density at radius 2 is 1.81 bits per heavy atom. The van der Waals surface area contributed by atoms with Gasteiger partial charge in [-0.3, -0.25) is 20.2 Å². The molecule has 0 fully saturated rings. The van der Waals surface area contributed by atoms with E-state index in [-0.39, 0.29) is 17.2 Å². The fourth-order valence-corrected chi connectivity index (χ4v) is 1.99. The second-order valence-corrected chi connectivity index (χ2v) is 4.91. The van der Waals surface area contributed by atoms with Gasteiger partial charge in [0.25, 0.3) is 5.69 Å². The van der Waals surface area contributed by atoms with Crippen molar-refractivity contribution in [2.24, 2.45) is 10.8 Å². The number of nitrogens with one attached hydrogen (secondary N) is 1. The van der Waals surface area contributed by atoms with Crippen LogP contribution in [0.25, 0.3) is 0 Å². The fourth-order valence-electron chi connectivity index (χ4n) is 1.99. The molecule has 3 N–H and O–H groups in total. The number of nitrogens with zero attached hydrogens (tertiary/aromatic N) is 3. The quantitative estimate of drug-likeness (QED) is 0.424. The fraction of sp³-hybridized carbons (Fsp3) is 0.0667. The van der Waals surface area contributed by atoms with Crippen molar-refractivity contribution in [2.45, 2.75) is 0 Å². The van der Waals surface area contributed by atoms with Crippen LogP contribution in [0.1, 0.15) is 5.56 Å². The van der Waals surface area contributed by atoms with E-state index in [1.54, 1.807) is 6.07 Å². The van der Waals surface area contributed by atoms with Gasteiger partial charge in [0, 0.05) is 6.07 Å². The predicted octanol–water partition coefficient (Wildman–Crippen LogP) is 2.31. The first-order chi connectivity index (χ1) is 12.8. The van der Waals surface area contributed by atoms with Gasteiger partial charge < -0.3 is 15.2 Å². The number of nitro benzene ring substituents is 2. The van der Waals surface area contributed by atoms with E-state index in [2.05, 4.69) is 5.10 Å². The van der Waals surface area contributed by atoms with Crippen LogP contribution in [0.5, 0.6) is 17.2 Å². The van der Waals surface area contributed by atoms with Gasteiger partial charge in [-0.05, 0) is 29.8 Å². The first-order valence-corrected chi connectivity index (χ1v) is 7.19. The summed E-state index contributed by atoms with van der Waals surface area (Å²) in [4.78, 5) is 31.1. The smallest absolute Gasteiger partial charge is 0.332 e. The number of ether oxygens (including phenoxy) is 2. The zero-order valence-corrected chi connectivity index (χ0v) is 13.8. The minimum Gasteiger partial charge on any atom is -0.493 e. The highest BCUT2D eigenvalue weighted by Gasteiger charge is 2.22. The number of primary amides is 1. The van der Waals surface area contributed by atoms with Crippen LogP contribution in [-0.4, -0.2) is 29.2 Å². The molecule has 0 spiro atoms. The lowest BCUT2D eigenvalue weighted by molar-refractivity contribution is -0.394. The van der Waals surface area contributed by atoms with Gasteiger partial charge in [0.05, 0.1) is 29.2 Å². The maximum Gasteiger partial charge on any atom is 0.332 e. The average Bonchev–Trinajstić information content (AvgIpc) is 2.61. The molecule has 0 aliphatic carbocycles. The molecule has 2 rings (SSSR count). The van der Waals surface area contributed by atoms with Crippen LogP contribution in [0, 0.1) is 20.2 Å². The standard InChI is InChI=1S/C15H13N5O7/c1-26-13-4-2-9(8-17-18-15(16)21)6-14(13)27-12-5-3-10(19(22)23)7-11(12)20(24)25/h2-8H,1H3,(H3,16,18,21)/b17-8-. The summed E-state index contributed by atoms with van der Waals surface area (Å²) in [6.07, 6.45) is 1.27. The van der Waals surface area contributed by atoms with E-state index in [4.69, 9.17) is 15.2 Å². The molecule has 0 aromatic heterocycles. The van der Waals surface area contributed by atoms with Crippen molar-refractivity contribution >= 4 is 23.6 Å². The average molecular weight is 375 g/mol. The molecule has 140 valence electrons. The first kappa shape index (κ1) is 19.1. The molecule has 27 heavy (non-hydrogen) atoms. The monoisotopic (exact) mass is 375 g/mol.